The second kappa shape index (κ2) is 3.40. The number of primary amides is 1. The summed E-state index contributed by atoms with van der Waals surface area (Å²) in [5.74, 6) is -1.48. The van der Waals surface area contributed by atoms with Crippen LogP contribution in [0.1, 0.15) is 26.7 Å². The molecule has 0 aromatic carbocycles. The van der Waals surface area contributed by atoms with Crippen molar-refractivity contribution in [2.24, 2.45) is 17.1 Å². The number of carbonyl (C=O) groups is 3. The van der Waals surface area contributed by atoms with Crippen LogP contribution in [0.15, 0.2) is 0 Å². The largest absolute Gasteiger partial charge is 0.370 e. The van der Waals surface area contributed by atoms with Gasteiger partial charge in [0.2, 0.25) is 17.7 Å². The first kappa shape index (κ1) is 10.7. The van der Waals surface area contributed by atoms with E-state index in [0.717, 1.165) is 0 Å². The van der Waals surface area contributed by atoms with Crippen LogP contribution in [-0.2, 0) is 14.4 Å². The highest BCUT2D eigenvalue weighted by atomic mass is 16.2. The Bertz CT molecular complexity index is 296. The molecule has 5 nitrogen and oxygen atoms in total. The fourth-order valence-electron chi connectivity index (χ4n) is 1.62. The molecule has 78 valence electrons. The van der Waals surface area contributed by atoms with E-state index < -0.39 is 17.2 Å². The average Bonchev–Trinajstić information content (AvgIpc) is 2.20. The fraction of sp³-hybridized carbons (Fsp3) is 0.667. The summed E-state index contributed by atoms with van der Waals surface area (Å²) >= 11 is 0. The molecule has 0 radical (unpaired) electrons. The lowest BCUT2D eigenvalue weighted by molar-refractivity contribution is -0.127. The Morgan fingerprint density at radius 3 is 2.43 bits per heavy atom. The molecule has 3 N–H and O–H groups in total. The summed E-state index contributed by atoms with van der Waals surface area (Å²) < 4.78 is 0. The molecule has 1 atom stereocenters. The monoisotopic (exact) mass is 198 g/mol. The van der Waals surface area contributed by atoms with Crippen LogP contribution in [0.25, 0.3) is 0 Å². The summed E-state index contributed by atoms with van der Waals surface area (Å²) in [6, 6.07) is 0. The number of hydrogen-bond donors (Lipinski definition) is 2. The molecule has 1 saturated heterocycles. The number of carbonyl (C=O) groups excluding carboxylic acids is 3. The van der Waals surface area contributed by atoms with Gasteiger partial charge < -0.3 is 5.73 Å². The second-order valence-corrected chi connectivity index (χ2v) is 4.10. The lowest BCUT2D eigenvalue weighted by atomic mass is 9.78. The zero-order valence-corrected chi connectivity index (χ0v) is 8.29. The number of nitrogens with two attached hydrogens (primary N) is 1. The molecule has 0 bridgehead atoms. The highest BCUT2D eigenvalue weighted by Crippen LogP contribution is 2.35. The van der Waals surface area contributed by atoms with Gasteiger partial charge in [-0.15, -0.1) is 0 Å². The van der Waals surface area contributed by atoms with E-state index in [-0.39, 0.29) is 18.2 Å². The van der Waals surface area contributed by atoms with Crippen molar-refractivity contribution >= 4 is 17.7 Å². The van der Waals surface area contributed by atoms with E-state index in [2.05, 4.69) is 5.32 Å². The Kier molecular flexibility index (Phi) is 2.59. The minimum atomic E-state index is -0.730. The fourth-order valence-corrected chi connectivity index (χ4v) is 1.62. The predicted octanol–water partition coefficient (Wildman–Crippen LogP) is -0.449. The van der Waals surface area contributed by atoms with Crippen molar-refractivity contribution in [1.29, 1.82) is 0 Å². The Morgan fingerprint density at radius 2 is 2.07 bits per heavy atom. The van der Waals surface area contributed by atoms with E-state index >= 15 is 0 Å². The maximum atomic E-state index is 11.3. The molecule has 0 aliphatic carbocycles. The van der Waals surface area contributed by atoms with Crippen LogP contribution in [0, 0.1) is 11.3 Å². The van der Waals surface area contributed by atoms with Crippen molar-refractivity contribution in [3.8, 4) is 0 Å². The third kappa shape index (κ3) is 1.76. The molecule has 0 saturated carbocycles. The van der Waals surface area contributed by atoms with E-state index in [1.54, 1.807) is 13.8 Å². The quantitative estimate of drug-likeness (QED) is 0.602. The van der Waals surface area contributed by atoms with E-state index in [9.17, 15) is 14.4 Å². The molecule has 1 unspecified atom stereocenters. The first-order valence-electron chi connectivity index (χ1n) is 4.49. The topological polar surface area (TPSA) is 89.3 Å². The summed E-state index contributed by atoms with van der Waals surface area (Å²) in [6.45, 7) is 3.39. The molecule has 3 amide bonds. The van der Waals surface area contributed by atoms with E-state index in [0.29, 0.717) is 6.42 Å². The maximum Gasteiger partial charge on any atom is 0.233 e. The Morgan fingerprint density at radius 1 is 1.50 bits per heavy atom. The molecule has 0 aromatic rings. The van der Waals surface area contributed by atoms with Crippen LogP contribution in [0.5, 0.6) is 0 Å². The second-order valence-electron chi connectivity index (χ2n) is 4.10. The van der Waals surface area contributed by atoms with E-state index in [1.165, 1.54) is 0 Å². The first-order chi connectivity index (χ1) is 6.35. The standard InChI is InChI=1S/C9H14N2O3/c1-9(2)5(3-4-6(10)12)7(13)11-8(9)14/h5H,3-4H2,1-2H3,(H2,10,12)(H,11,13,14). The third-order valence-corrected chi connectivity index (χ3v) is 2.69. The lowest BCUT2D eigenvalue weighted by Crippen LogP contribution is -2.29. The summed E-state index contributed by atoms with van der Waals surface area (Å²) in [5, 5.41) is 2.25. The Labute approximate surface area is 82.0 Å². The number of rotatable bonds is 3. The van der Waals surface area contributed by atoms with Gasteiger partial charge in [-0.05, 0) is 6.42 Å². The number of nitrogens with one attached hydrogen (secondary N) is 1. The van der Waals surface area contributed by atoms with Gasteiger partial charge in [0.15, 0.2) is 0 Å². The third-order valence-electron chi connectivity index (χ3n) is 2.69. The highest BCUT2D eigenvalue weighted by molar-refractivity contribution is 6.07. The SMILES string of the molecule is CC1(C)C(=O)NC(=O)C1CCC(N)=O. The Hall–Kier alpha value is -1.39. The van der Waals surface area contributed by atoms with Crippen LogP contribution < -0.4 is 11.1 Å². The smallest absolute Gasteiger partial charge is 0.233 e. The lowest BCUT2D eigenvalue weighted by Gasteiger charge is -2.20. The van der Waals surface area contributed by atoms with Crippen molar-refractivity contribution < 1.29 is 14.4 Å². The molecule has 1 fully saturated rings. The van der Waals surface area contributed by atoms with Crippen LogP contribution in [0.3, 0.4) is 0 Å². The maximum absolute atomic E-state index is 11.3. The average molecular weight is 198 g/mol. The molecular weight excluding hydrogens is 184 g/mol. The summed E-state index contributed by atoms with van der Waals surface area (Å²) in [5.41, 5.74) is 4.25. The van der Waals surface area contributed by atoms with Crippen molar-refractivity contribution in [1.82, 2.24) is 5.32 Å². The summed E-state index contributed by atoms with van der Waals surface area (Å²) in [7, 11) is 0. The zero-order valence-electron chi connectivity index (χ0n) is 8.29. The normalized spacial score (nSPS) is 24.9. The first-order valence-corrected chi connectivity index (χ1v) is 4.49. The van der Waals surface area contributed by atoms with E-state index in [4.69, 9.17) is 5.73 Å². The Balaban J connectivity index is 2.72. The molecule has 1 aliphatic heterocycles. The summed E-state index contributed by atoms with van der Waals surface area (Å²) in [4.78, 5) is 33.2. The van der Waals surface area contributed by atoms with Crippen molar-refractivity contribution in [3.05, 3.63) is 0 Å². The predicted molar refractivity (Wildman–Crippen MR) is 48.8 cm³/mol. The van der Waals surface area contributed by atoms with Crippen LogP contribution in [0.2, 0.25) is 0 Å². The molecule has 1 heterocycles. The van der Waals surface area contributed by atoms with Crippen LogP contribution in [0.4, 0.5) is 0 Å². The van der Waals surface area contributed by atoms with Gasteiger partial charge in [-0.2, -0.15) is 0 Å². The number of hydrogen-bond acceptors (Lipinski definition) is 3. The number of amides is 3. The van der Waals surface area contributed by atoms with Gasteiger partial charge in [-0.1, -0.05) is 13.8 Å². The van der Waals surface area contributed by atoms with Gasteiger partial charge in [0.25, 0.3) is 0 Å². The minimum absolute atomic E-state index is 0.134. The minimum Gasteiger partial charge on any atom is -0.370 e. The van der Waals surface area contributed by atoms with Gasteiger partial charge in [0.1, 0.15) is 0 Å². The van der Waals surface area contributed by atoms with Crippen molar-refractivity contribution in [3.63, 3.8) is 0 Å². The van der Waals surface area contributed by atoms with Crippen LogP contribution >= 0.6 is 0 Å². The molecular formula is C9H14N2O3. The van der Waals surface area contributed by atoms with E-state index in [1.807, 2.05) is 0 Å². The molecule has 5 heteroatoms. The van der Waals surface area contributed by atoms with Crippen LogP contribution in [-0.4, -0.2) is 17.7 Å². The van der Waals surface area contributed by atoms with Crippen molar-refractivity contribution in [2.75, 3.05) is 0 Å². The molecule has 14 heavy (non-hydrogen) atoms. The molecule has 1 rings (SSSR count). The van der Waals surface area contributed by atoms with Crippen molar-refractivity contribution in [2.45, 2.75) is 26.7 Å². The van der Waals surface area contributed by atoms with Gasteiger partial charge >= 0.3 is 0 Å². The van der Waals surface area contributed by atoms with Gasteiger partial charge in [-0.3, -0.25) is 19.7 Å². The highest BCUT2D eigenvalue weighted by Gasteiger charge is 2.47. The van der Waals surface area contributed by atoms with Gasteiger partial charge in [0.05, 0.1) is 11.3 Å². The molecule has 1 aliphatic rings. The molecule has 0 spiro atoms. The van der Waals surface area contributed by atoms with Gasteiger partial charge in [-0.25, -0.2) is 0 Å². The van der Waals surface area contributed by atoms with Gasteiger partial charge in [0, 0.05) is 6.42 Å². The summed E-state index contributed by atoms with van der Waals surface area (Å²) in [6.07, 6.45) is 0.467. The molecule has 0 aromatic heterocycles. The zero-order chi connectivity index (χ0) is 10.9. The number of imide groups is 1.